The third-order valence-electron chi connectivity index (χ3n) is 23.0. The first-order chi connectivity index (χ1) is 56.8. The van der Waals surface area contributed by atoms with Crippen molar-refractivity contribution >= 4 is 89.6 Å². The molecule has 6 aromatic rings. The highest BCUT2D eigenvalue weighted by molar-refractivity contribution is 6.04. The number of carbonyl (C=O) groups is 9. The van der Waals surface area contributed by atoms with Crippen LogP contribution in [0.2, 0.25) is 0 Å². The third-order valence-corrected chi connectivity index (χ3v) is 23.0. The highest BCUT2D eigenvalue weighted by Gasteiger charge is 2.40. The minimum atomic E-state index is -0.466. The first-order valence-corrected chi connectivity index (χ1v) is 39.1. The molecule has 35 heteroatoms. The minimum Gasteiger partial charge on any atom is -0.486 e. The molecule has 35 nitrogen and oxygen atoms in total. The van der Waals surface area contributed by atoms with Crippen LogP contribution in [0.5, 0.6) is 11.5 Å². The molecule has 0 unspecified atom stereocenters. The predicted molar refractivity (Wildman–Crippen MR) is 418 cm³/mol. The topological polar surface area (TPSA) is 432 Å². The number of ether oxygens (including phenoxy) is 8. The van der Waals surface area contributed by atoms with E-state index in [2.05, 4.69) is 64.1 Å². The van der Waals surface area contributed by atoms with E-state index in [0.717, 1.165) is 67.2 Å². The molecule has 117 heavy (non-hydrogen) atoms. The predicted octanol–water partition coefficient (Wildman–Crippen LogP) is 7.76. The second-order valence-corrected chi connectivity index (χ2v) is 29.8. The van der Waals surface area contributed by atoms with Crippen LogP contribution in [0.4, 0.5) is 49.3 Å². The summed E-state index contributed by atoms with van der Waals surface area (Å²) in [5.74, 6) is 2.69. The number of aldehydes is 3. The quantitative estimate of drug-likeness (QED) is 0.0487. The Hall–Kier alpha value is -12.0. The largest absolute Gasteiger partial charge is 0.486 e. The molecule has 9 atom stereocenters. The van der Waals surface area contributed by atoms with Gasteiger partial charge in [0.25, 0.3) is 17.7 Å². The molecule has 612 valence electrons. The van der Waals surface area contributed by atoms with Gasteiger partial charge >= 0.3 is 18.1 Å². The molecule has 0 radical (unpaired) electrons. The number of hydrogen-bond acceptors (Lipinski definition) is 26. The molecule has 3 saturated carbocycles. The number of pyridine rings is 6. The fraction of sp³-hybridized carbons (Fsp3) is 0.488. The second kappa shape index (κ2) is 37.7. The fourth-order valence-corrected chi connectivity index (χ4v) is 15.9. The average Bonchev–Trinajstić information content (AvgIpc) is 1.18. The molecular formula is C82H92N18O17. The van der Waals surface area contributed by atoms with Gasteiger partial charge in [-0.2, -0.15) is 15.8 Å². The Balaban J connectivity index is 0.000000152. The summed E-state index contributed by atoms with van der Waals surface area (Å²) in [7, 11) is 9.48. The lowest BCUT2D eigenvalue weighted by Gasteiger charge is -2.35. The van der Waals surface area contributed by atoms with Gasteiger partial charge in [-0.05, 0) is 136 Å². The maximum atomic E-state index is 13.4. The molecule has 9 aliphatic rings. The van der Waals surface area contributed by atoms with Gasteiger partial charge in [-0.15, -0.1) is 0 Å². The van der Waals surface area contributed by atoms with Crippen LogP contribution in [0.1, 0.15) is 164 Å². The van der Waals surface area contributed by atoms with Crippen molar-refractivity contribution in [2.24, 2.45) is 5.92 Å². The Kier molecular flexibility index (Phi) is 26.7. The van der Waals surface area contributed by atoms with E-state index in [4.69, 9.17) is 37.9 Å². The molecule has 12 heterocycles. The zero-order valence-corrected chi connectivity index (χ0v) is 66.0. The van der Waals surface area contributed by atoms with Crippen molar-refractivity contribution in [2.45, 2.75) is 171 Å². The van der Waals surface area contributed by atoms with Gasteiger partial charge in [0.05, 0.1) is 36.3 Å². The molecule has 15 rings (SSSR count). The molecule has 3 aliphatic carbocycles. The van der Waals surface area contributed by atoms with Crippen LogP contribution < -0.4 is 40.1 Å². The molecule has 3 saturated heterocycles. The molecule has 0 aromatic carbocycles. The van der Waals surface area contributed by atoms with Crippen molar-refractivity contribution in [3.8, 4) is 29.7 Å². The van der Waals surface area contributed by atoms with Crippen LogP contribution in [0.3, 0.4) is 0 Å². The number of fused-ring (bicyclic) bond motifs is 3. The van der Waals surface area contributed by atoms with Crippen LogP contribution in [0, 0.1) is 39.9 Å². The third kappa shape index (κ3) is 18.3. The van der Waals surface area contributed by atoms with E-state index in [1.807, 2.05) is 18.2 Å². The van der Waals surface area contributed by atoms with E-state index >= 15 is 0 Å². The van der Waals surface area contributed by atoms with Gasteiger partial charge in [-0.25, -0.2) is 44.3 Å². The summed E-state index contributed by atoms with van der Waals surface area (Å²) in [4.78, 5) is 149. The molecule has 6 aliphatic heterocycles. The van der Waals surface area contributed by atoms with Crippen molar-refractivity contribution in [1.29, 1.82) is 15.8 Å². The van der Waals surface area contributed by atoms with Gasteiger partial charge in [0.2, 0.25) is 0 Å². The van der Waals surface area contributed by atoms with Gasteiger partial charge < -0.3 is 52.6 Å². The number of nitrogens with one attached hydrogen (secondary N) is 3. The Morgan fingerprint density at radius 1 is 0.419 bits per heavy atom. The Labute approximate surface area is 675 Å². The number of methoxy groups -OCH3 is 6. The van der Waals surface area contributed by atoms with E-state index < -0.39 is 36.4 Å². The van der Waals surface area contributed by atoms with Crippen molar-refractivity contribution < 1.29 is 81.0 Å². The normalized spacial score (nSPS) is 22.1. The number of urea groups is 3. The standard InChI is InChI=1S/C28H32N6O5.2C27H30N6O6/c1-38-23-6-5-17(23)10-19-12-25(30-14-21(19)13-29)32-28(37)34-8-3-4-18-11-20(22(16-35)31-26(18)34)15-33-9-7-24(39-2)27(33)36;2*1-37-20-5-6-21(20)39-23-11-24(29-13-18(23)12-28)31-27(36)33-8-3-4-16-10-17(19(15-34)30-25(16)33)14-32-9-7-22(38-2)26(32)35/h11-12,14,16-17,23-24H,3-10,15H2,1-2H3,(H,30,32,37);2*10-11,13,15,20-22H,3-9,14H2,1-2H3,(H,29,31,36)/t17-,23-,24+;20-,21+,22+;20-,21+,22-/m101/s1. The monoisotopic (exact) mass is 1600 g/mol. The summed E-state index contributed by atoms with van der Waals surface area (Å²) in [6, 6.07) is 15.4. The Morgan fingerprint density at radius 3 is 1.04 bits per heavy atom. The van der Waals surface area contributed by atoms with E-state index in [0.29, 0.717) is 179 Å². The maximum absolute atomic E-state index is 13.4. The number of hydrogen-bond donors (Lipinski definition) is 3. The number of anilines is 6. The number of nitriles is 3. The molecule has 0 spiro atoms. The van der Waals surface area contributed by atoms with E-state index in [-0.39, 0.29) is 108 Å². The van der Waals surface area contributed by atoms with Crippen LogP contribution in [-0.2, 0) is 88.1 Å². The molecular weight excluding hydrogens is 1510 g/mol. The number of aromatic nitrogens is 6. The highest BCUT2D eigenvalue weighted by Crippen LogP contribution is 2.38. The molecule has 0 bridgehead atoms. The van der Waals surface area contributed by atoms with E-state index in [1.54, 1.807) is 42.1 Å². The summed E-state index contributed by atoms with van der Waals surface area (Å²) < 4.78 is 43.9. The molecule has 3 N–H and O–H groups in total. The molecule has 6 aromatic heterocycles. The molecule has 9 amide bonds. The van der Waals surface area contributed by atoms with Crippen LogP contribution >= 0.6 is 0 Å². The lowest BCUT2D eigenvalue weighted by Crippen LogP contribution is -2.42. The van der Waals surface area contributed by atoms with Crippen LogP contribution in [0.15, 0.2) is 55.0 Å². The summed E-state index contributed by atoms with van der Waals surface area (Å²) in [6.07, 6.45) is 16.6. The van der Waals surface area contributed by atoms with Crippen molar-refractivity contribution in [3.63, 3.8) is 0 Å². The van der Waals surface area contributed by atoms with Gasteiger partial charge in [0, 0.05) is 156 Å². The average molecular weight is 1600 g/mol. The number of rotatable bonds is 24. The van der Waals surface area contributed by atoms with Crippen LogP contribution in [-0.4, -0.2) is 230 Å². The lowest BCUT2D eigenvalue weighted by atomic mass is 9.77. The number of carbonyl (C=O) groups excluding carboxylic acids is 9. The number of nitrogens with zero attached hydrogens (tertiary/aromatic N) is 15. The van der Waals surface area contributed by atoms with Gasteiger partial charge in [-0.1, -0.05) is 0 Å². The first-order valence-electron chi connectivity index (χ1n) is 39.1. The van der Waals surface area contributed by atoms with Crippen LogP contribution in [0.25, 0.3) is 0 Å². The molecule has 6 fully saturated rings. The van der Waals surface area contributed by atoms with E-state index in [9.17, 15) is 58.9 Å². The number of amides is 9. The summed E-state index contributed by atoms with van der Waals surface area (Å²) >= 11 is 0. The summed E-state index contributed by atoms with van der Waals surface area (Å²) in [5.41, 5.74) is 6.80. The van der Waals surface area contributed by atoms with Gasteiger partial charge in [0.1, 0.15) is 123 Å². The minimum absolute atomic E-state index is 0.0411. The smallest absolute Gasteiger partial charge is 0.328 e. The zero-order chi connectivity index (χ0) is 82.6. The van der Waals surface area contributed by atoms with Crippen molar-refractivity contribution in [1.82, 2.24) is 44.6 Å². The Bertz CT molecular complexity index is 4450. The summed E-state index contributed by atoms with van der Waals surface area (Å²) in [6.45, 7) is 3.64. The second-order valence-electron chi connectivity index (χ2n) is 29.8. The fourth-order valence-electron chi connectivity index (χ4n) is 15.9. The van der Waals surface area contributed by atoms with Gasteiger partial charge in [-0.3, -0.25) is 59.4 Å². The van der Waals surface area contributed by atoms with Crippen molar-refractivity contribution in [2.75, 3.05) is 113 Å². The zero-order valence-electron chi connectivity index (χ0n) is 66.0. The maximum Gasteiger partial charge on any atom is 0.328 e. The number of aryl methyl sites for hydroxylation is 3. The summed E-state index contributed by atoms with van der Waals surface area (Å²) in [5, 5.41) is 36.9. The SMILES string of the molecule is CO[C@@H]1CCN(Cc2cc3c(nc2C=O)N(C(=O)Nc2cc(O[C@H]4CC[C@H]4OC)c(C#N)cn2)CCC3)C1=O.CO[C@H]1CCN(Cc2cc3c(nc2C=O)N(C(=O)Nc2cc(C[C@H]4CC[C@H]4OC)c(C#N)cn2)CCC3)C1=O.CO[C@H]1CC[C@H]1Oc1cc(NC(=O)N2CCCc3cc(CN4CC[C@@H](OC)C4=O)c(C=O)nc32)ncc1C#N. The van der Waals surface area contributed by atoms with Gasteiger partial charge in [0.15, 0.2) is 18.9 Å². The number of likely N-dealkylation sites (tertiary alicyclic amines) is 3. The Morgan fingerprint density at radius 2 is 0.752 bits per heavy atom. The van der Waals surface area contributed by atoms with Crippen molar-refractivity contribution in [3.05, 3.63) is 128 Å². The van der Waals surface area contributed by atoms with E-state index in [1.165, 1.54) is 66.8 Å². The first kappa shape index (κ1) is 82.9. The lowest BCUT2D eigenvalue weighted by molar-refractivity contribution is -0.137. The highest BCUT2D eigenvalue weighted by atomic mass is 16.5.